The molecule has 0 amide bonds. The first-order valence-electron chi connectivity index (χ1n) is 9.97. The van der Waals surface area contributed by atoms with E-state index in [9.17, 15) is 14.8 Å². The predicted molar refractivity (Wildman–Crippen MR) is 116 cm³/mol. The molecule has 6 atom stereocenters. The van der Waals surface area contributed by atoms with E-state index in [1.807, 2.05) is 6.07 Å². The molecular weight excluding hydrogens is 461 g/mol. The van der Waals surface area contributed by atoms with Gasteiger partial charge in [-0.25, -0.2) is 9.56 Å². The van der Waals surface area contributed by atoms with Crippen LogP contribution in [0.5, 0.6) is 0 Å². The van der Waals surface area contributed by atoms with Crippen LogP contribution in [-0.4, -0.2) is 58.2 Å². The summed E-state index contributed by atoms with van der Waals surface area (Å²) in [5, 5.41) is 21.8. The van der Waals surface area contributed by atoms with Gasteiger partial charge in [-0.3, -0.25) is 13.6 Å². The Balaban J connectivity index is 1.44. The molecule has 3 heterocycles. The van der Waals surface area contributed by atoms with Crippen LogP contribution in [0.2, 0.25) is 5.02 Å². The Labute approximate surface area is 190 Å². The smallest absolute Gasteiger partial charge is 0.387 e. The van der Waals surface area contributed by atoms with E-state index in [4.69, 9.17) is 35.6 Å². The van der Waals surface area contributed by atoms with E-state index in [0.717, 1.165) is 5.56 Å². The van der Waals surface area contributed by atoms with Gasteiger partial charge in [0.1, 0.15) is 29.5 Å². The minimum Gasteiger partial charge on any atom is -0.387 e. The summed E-state index contributed by atoms with van der Waals surface area (Å²) < 4.78 is 35.5. The van der Waals surface area contributed by atoms with E-state index in [2.05, 4.69) is 11.6 Å². The summed E-state index contributed by atoms with van der Waals surface area (Å²) in [6, 6.07) is 7.04. The molecule has 10 nitrogen and oxygen atoms in total. The summed E-state index contributed by atoms with van der Waals surface area (Å²) in [7, 11) is -3.96. The summed E-state index contributed by atoms with van der Waals surface area (Å²) in [5.41, 5.74) is 4.97. The third-order valence-corrected chi connectivity index (χ3v) is 7.17. The Morgan fingerprint density at radius 3 is 2.97 bits per heavy atom. The maximum Gasteiger partial charge on any atom is 0.475 e. The van der Waals surface area contributed by atoms with Crippen molar-refractivity contribution in [2.45, 2.75) is 43.5 Å². The first-order valence-corrected chi connectivity index (χ1v) is 11.8. The fraction of sp³-hybridized carbons (Fsp3) is 0.450. The molecule has 0 aliphatic carbocycles. The number of rotatable bonds is 5. The number of nitrogens with zero attached hydrogens (tertiary/aromatic N) is 2. The number of aliphatic imine (C=N–C) groups is 1. The zero-order valence-corrected chi connectivity index (χ0v) is 19.0. The van der Waals surface area contributed by atoms with E-state index >= 15 is 0 Å². The standard InChI is InChI=1S/C20H25ClN3O7P/c1-12-23-16(22)6-8-24(12)19-17(25)18(26)20(2,30-19)11-29-32(27)28-9-7-15(31-32)13-4-3-5-14(21)10-13/h3-6,8,10,15,17-19,25-26H,1,7,9,11H2,2H3,(H2,22,23)/t15?,17-,18+,19-,20-,32?/m1/s1. The SMILES string of the molecule is C=C1N=C(N)C=CN1[C@@H]1O[C@](C)(COP2(=O)OCCC(c3cccc(Cl)c3)O2)[C@@H](O)[C@H]1O. The van der Waals surface area contributed by atoms with E-state index in [0.29, 0.717) is 11.4 Å². The van der Waals surface area contributed by atoms with E-state index in [1.165, 1.54) is 17.9 Å². The van der Waals surface area contributed by atoms with Crippen molar-refractivity contribution in [3.05, 3.63) is 59.5 Å². The zero-order valence-electron chi connectivity index (χ0n) is 17.3. The van der Waals surface area contributed by atoms with Crippen LogP contribution in [0.4, 0.5) is 0 Å². The molecule has 174 valence electrons. The number of hydrogen-bond donors (Lipinski definition) is 3. The van der Waals surface area contributed by atoms with Crippen LogP contribution in [0.3, 0.4) is 0 Å². The van der Waals surface area contributed by atoms with Crippen LogP contribution in [0.15, 0.2) is 53.9 Å². The van der Waals surface area contributed by atoms with Gasteiger partial charge in [-0.15, -0.1) is 0 Å². The number of benzene rings is 1. The maximum atomic E-state index is 13.1. The molecule has 2 unspecified atom stereocenters. The van der Waals surface area contributed by atoms with Crippen LogP contribution in [0.25, 0.3) is 0 Å². The van der Waals surface area contributed by atoms with Gasteiger partial charge in [0.15, 0.2) is 6.23 Å². The zero-order chi connectivity index (χ0) is 23.1. The van der Waals surface area contributed by atoms with Gasteiger partial charge in [0.2, 0.25) is 0 Å². The number of phosphoric ester groups is 1. The molecule has 4 N–H and O–H groups in total. The van der Waals surface area contributed by atoms with Crippen molar-refractivity contribution in [3.8, 4) is 0 Å². The average Bonchev–Trinajstić information content (AvgIpc) is 2.97. The molecule has 3 aliphatic heterocycles. The minimum absolute atomic E-state index is 0.150. The molecule has 0 bridgehead atoms. The molecule has 2 fully saturated rings. The summed E-state index contributed by atoms with van der Waals surface area (Å²) >= 11 is 6.04. The van der Waals surface area contributed by atoms with Gasteiger partial charge in [0.25, 0.3) is 0 Å². The number of halogens is 1. The lowest BCUT2D eigenvalue weighted by atomic mass is 9.98. The average molecular weight is 486 g/mol. The topological polar surface area (TPSA) is 136 Å². The van der Waals surface area contributed by atoms with Crippen molar-refractivity contribution in [1.82, 2.24) is 4.90 Å². The molecule has 4 rings (SSSR count). The molecule has 0 spiro atoms. The lowest BCUT2D eigenvalue weighted by molar-refractivity contribution is -0.126. The number of hydrogen-bond acceptors (Lipinski definition) is 10. The number of aliphatic hydroxyl groups excluding tert-OH is 2. The third-order valence-electron chi connectivity index (χ3n) is 5.48. The first kappa shape index (κ1) is 23.4. The van der Waals surface area contributed by atoms with Crippen molar-refractivity contribution in [3.63, 3.8) is 0 Å². The summed E-state index contributed by atoms with van der Waals surface area (Å²) in [5.74, 6) is 0.492. The summed E-state index contributed by atoms with van der Waals surface area (Å²) in [6.07, 6.45) is -0.696. The summed E-state index contributed by atoms with van der Waals surface area (Å²) in [6.45, 7) is 5.09. The molecule has 1 aromatic carbocycles. The fourth-order valence-electron chi connectivity index (χ4n) is 3.71. The molecule has 0 saturated carbocycles. The van der Waals surface area contributed by atoms with Crippen LogP contribution in [0, 0.1) is 0 Å². The van der Waals surface area contributed by atoms with Gasteiger partial charge >= 0.3 is 7.82 Å². The number of amidine groups is 1. The molecular formula is C20H25ClN3O7P. The second-order valence-electron chi connectivity index (χ2n) is 7.92. The highest BCUT2D eigenvalue weighted by Gasteiger charge is 2.54. The van der Waals surface area contributed by atoms with Gasteiger partial charge < -0.3 is 25.6 Å². The van der Waals surface area contributed by atoms with E-state index in [-0.39, 0.29) is 24.9 Å². The molecule has 0 aromatic heterocycles. The van der Waals surface area contributed by atoms with Gasteiger partial charge in [0.05, 0.1) is 19.3 Å². The molecule has 32 heavy (non-hydrogen) atoms. The Hall–Kier alpha value is -1.75. The normalized spacial score (nSPS) is 37.6. The number of aliphatic hydroxyl groups is 2. The first-order chi connectivity index (χ1) is 15.1. The van der Waals surface area contributed by atoms with Gasteiger partial charge in [-0.2, -0.15) is 0 Å². The highest BCUT2D eigenvalue weighted by Crippen LogP contribution is 2.57. The largest absolute Gasteiger partial charge is 0.475 e. The molecule has 2 saturated heterocycles. The van der Waals surface area contributed by atoms with Crippen LogP contribution >= 0.6 is 19.4 Å². The lowest BCUT2D eigenvalue weighted by Crippen LogP contribution is -2.44. The lowest BCUT2D eigenvalue weighted by Gasteiger charge is -2.33. The van der Waals surface area contributed by atoms with E-state index < -0.39 is 38.0 Å². The highest BCUT2D eigenvalue weighted by atomic mass is 35.5. The Morgan fingerprint density at radius 1 is 1.47 bits per heavy atom. The fourth-order valence-corrected chi connectivity index (χ4v) is 5.39. The Morgan fingerprint density at radius 2 is 2.25 bits per heavy atom. The van der Waals surface area contributed by atoms with Gasteiger partial charge in [0, 0.05) is 17.6 Å². The Bertz CT molecular complexity index is 1010. The highest BCUT2D eigenvalue weighted by molar-refractivity contribution is 7.48. The summed E-state index contributed by atoms with van der Waals surface area (Å²) in [4.78, 5) is 5.48. The quantitative estimate of drug-likeness (QED) is 0.537. The monoisotopic (exact) mass is 485 g/mol. The Kier molecular flexibility index (Phi) is 6.50. The van der Waals surface area contributed by atoms with Crippen molar-refractivity contribution < 1.29 is 33.1 Å². The van der Waals surface area contributed by atoms with Gasteiger partial charge in [-0.05, 0) is 30.7 Å². The second kappa shape index (κ2) is 8.89. The van der Waals surface area contributed by atoms with Crippen molar-refractivity contribution in [2.24, 2.45) is 10.7 Å². The predicted octanol–water partition coefficient (Wildman–Crippen LogP) is 2.44. The van der Waals surface area contributed by atoms with Gasteiger partial charge in [-0.1, -0.05) is 30.3 Å². The third kappa shape index (κ3) is 4.64. The number of ether oxygens (including phenoxy) is 1. The number of phosphoric acid groups is 1. The minimum atomic E-state index is -3.96. The van der Waals surface area contributed by atoms with Crippen molar-refractivity contribution in [1.29, 1.82) is 0 Å². The molecule has 3 aliphatic rings. The van der Waals surface area contributed by atoms with Crippen molar-refractivity contribution in [2.75, 3.05) is 13.2 Å². The molecule has 1 aromatic rings. The molecule has 0 radical (unpaired) electrons. The number of nitrogens with two attached hydrogens (primary N) is 1. The van der Waals surface area contributed by atoms with Crippen molar-refractivity contribution >= 4 is 25.3 Å². The van der Waals surface area contributed by atoms with Crippen LogP contribution in [-0.2, 0) is 22.9 Å². The molecule has 12 heteroatoms. The van der Waals surface area contributed by atoms with Crippen LogP contribution < -0.4 is 5.73 Å². The van der Waals surface area contributed by atoms with E-state index in [1.54, 1.807) is 24.4 Å². The maximum absolute atomic E-state index is 13.1. The van der Waals surface area contributed by atoms with Crippen LogP contribution in [0.1, 0.15) is 25.0 Å². The second-order valence-corrected chi connectivity index (χ2v) is 9.98.